The smallest absolute Gasteiger partial charge is 0.759 e. The molecule has 49 heteroatoms. The molecule has 0 spiro atoms. The van der Waals surface area contributed by atoms with Crippen LogP contribution in [-0.4, -0.2) is 158 Å². The summed E-state index contributed by atoms with van der Waals surface area (Å²) in [5, 5.41) is 0. The molecular weight excluding hydrogens is 1450 g/mol. The Labute approximate surface area is 343 Å². The van der Waals surface area contributed by atoms with Gasteiger partial charge >= 0.3 is 96.4 Å². The van der Waals surface area contributed by atoms with Gasteiger partial charge in [-0.15, -0.1) is 0 Å². The Balaban J connectivity index is -0.0000000268. The summed E-state index contributed by atoms with van der Waals surface area (Å²) in [4.78, 5) is 0. The fraction of sp³-hybridized carbons (Fsp3) is 0. The van der Waals surface area contributed by atoms with Crippen LogP contribution in [0.1, 0.15) is 0 Å². The molecule has 0 aliphatic carbocycles. The number of rotatable bonds is 0. The molecule has 0 aromatic heterocycles. The Morgan fingerprint density at radius 2 is 0.163 bits per heavy atom. The van der Waals surface area contributed by atoms with Gasteiger partial charge in [0.1, 0.15) is 0 Å². The summed E-state index contributed by atoms with van der Waals surface area (Å²) < 4.78 is 307. The molecule has 0 rings (SSSR count). The van der Waals surface area contributed by atoms with Crippen molar-refractivity contribution in [1.29, 1.82) is 0 Å². The third-order valence-electron chi connectivity index (χ3n) is 0. The average molecular weight is 1450 g/mol. The van der Waals surface area contributed by atoms with Gasteiger partial charge < -0.3 is 81.9 Å². The van der Waals surface area contributed by atoms with Crippen LogP contribution in [0.25, 0.3) is 0 Å². The zero-order valence-corrected chi connectivity index (χ0v) is 38.0. The van der Waals surface area contributed by atoms with Gasteiger partial charge in [0.05, 0.1) is 0 Å². The van der Waals surface area contributed by atoms with E-state index in [1.165, 1.54) is 0 Å². The van der Waals surface area contributed by atoms with Crippen molar-refractivity contribution in [3.8, 4) is 0 Å². The van der Waals surface area contributed by atoms with Gasteiger partial charge in [-0.2, -0.15) is 0 Å². The van der Waals surface area contributed by atoms with Crippen molar-refractivity contribution in [3.05, 3.63) is 0 Å². The van der Waals surface area contributed by atoms with E-state index in [4.69, 9.17) is 158 Å². The van der Waals surface area contributed by atoms with Crippen molar-refractivity contribution >= 4 is 93.6 Å². The van der Waals surface area contributed by atoms with Crippen LogP contribution < -0.4 is 0 Å². The fourth-order valence-electron chi connectivity index (χ4n) is 0. The van der Waals surface area contributed by atoms with Crippen LogP contribution >= 0.6 is 0 Å². The van der Waals surface area contributed by atoms with Crippen LogP contribution in [-0.2, 0) is 128 Å². The largest absolute Gasteiger partial charge is 6.00 e. The third-order valence-corrected chi connectivity index (χ3v) is 0. The van der Waals surface area contributed by atoms with Crippen LogP contribution in [0.4, 0.5) is 0 Å². The summed E-state index contributed by atoms with van der Waals surface area (Å²) in [5.74, 6) is 0. The molecule has 0 N–H and O–H groups in total. The van der Waals surface area contributed by atoms with Gasteiger partial charge in [0.2, 0.25) is 0 Å². The van der Waals surface area contributed by atoms with Gasteiger partial charge in [0, 0.05) is 93.6 Å². The molecule has 0 unspecified atom stereocenters. The molecule has 49 heavy (non-hydrogen) atoms. The molecule has 0 bridgehead atoms. The molecule has 36 nitrogen and oxygen atoms in total. The summed E-state index contributed by atoms with van der Waals surface area (Å²) in [6.45, 7) is 0. The first-order chi connectivity index (χ1) is 18.0. The molecule has 0 heterocycles. The van der Waals surface area contributed by atoms with Crippen molar-refractivity contribution in [1.82, 2.24) is 0 Å². The minimum atomic E-state index is -5.17. The van der Waals surface area contributed by atoms with Crippen molar-refractivity contribution in [2.75, 3.05) is 0 Å². The SMILES string of the molecule is O=S(=O)([O-])[O-].O=S(=O)([O-])[O-].O=S(=O)([O-])[O-].O=S(=O)([O-])[O-].O=S(=O)([O-])[O-].O=S(=O)([O-])[O-].O=S(=O)([O-])[O-].O=S(=O)([O-])[O-].O=S(=O)([O-])[O-].[Fe+3].[Fe+3].[U+6].[U+6]. The summed E-state index contributed by atoms with van der Waals surface area (Å²) in [7, 11) is -46.5. The van der Waals surface area contributed by atoms with E-state index in [2.05, 4.69) is 0 Å². The Morgan fingerprint density at radius 1 is 0.163 bits per heavy atom. The van der Waals surface area contributed by atoms with Crippen LogP contribution in [0.2, 0.25) is 0 Å². The normalized spacial score (nSPS) is 10.7. The maximum Gasteiger partial charge on any atom is 6.00 e. The van der Waals surface area contributed by atoms with Crippen molar-refractivity contribution in [2.24, 2.45) is 0 Å². The summed E-state index contributed by atoms with van der Waals surface area (Å²) in [6, 6.07) is 0. The summed E-state index contributed by atoms with van der Waals surface area (Å²) in [6.07, 6.45) is 0. The maximum absolute atomic E-state index is 8.52. The Morgan fingerprint density at radius 3 is 0.163 bits per heavy atom. The van der Waals surface area contributed by atoms with Gasteiger partial charge in [-0.25, -0.2) is 0 Å². The van der Waals surface area contributed by atoms with E-state index in [9.17, 15) is 0 Å². The van der Waals surface area contributed by atoms with Gasteiger partial charge in [-0.3, -0.25) is 75.8 Å². The minimum absolute atomic E-state index is 0. The topological polar surface area (TPSA) is 722 Å². The van der Waals surface area contributed by atoms with Crippen molar-refractivity contribution in [3.63, 3.8) is 0 Å². The Kier molecular flexibility index (Phi) is 68.9. The van der Waals surface area contributed by atoms with E-state index in [-0.39, 0.29) is 96.4 Å². The molecule has 0 aliphatic rings. The van der Waals surface area contributed by atoms with Crippen LogP contribution in [0, 0.1) is 62.2 Å². The molecule has 0 fully saturated rings. The zero-order valence-electron chi connectivity index (χ0n) is 20.1. The standard InChI is InChI=1S/2Fe.9H2O4S.2U/c;;9*1-5(2,3)4;;/h;;9*(H2,1,2,3,4);;/q2*+3;;;;;;;;;;2*+6/p-18. The van der Waals surface area contributed by atoms with Gasteiger partial charge in [-0.05, 0) is 0 Å². The van der Waals surface area contributed by atoms with Crippen molar-refractivity contribution in [2.45, 2.75) is 0 Å². The van der Waals surface area contributed by atoms with Gasteiger partial charge in [0.25, 0.3) is 0 Å². The molecule has 0 aromatic rings. The molecule has 294 valence electrons. The average Bonchev–Trinajstić information content (AvgIpc) is 2.26. The Bertz CT molecular complexity index is 1230. The van der Waals surface area contributed by atoms with Crippen LogP contribution in [0.15, 0.2) is 0 Å². The first-order valence-electron chi connectivity index (χ1n) is 6.00. The second-order valence-electron chi connectivity index (χ2n) is 3.67. The Hall–Kier alpha value is 1.97. The van der Waals surface area contributed by atoms with E-state index < -0.39 is 93.6 Å². The quantitative estimate of drug-likeness (QED) is 0.123. The molecular formula is Fe2O36S9U2. The van der Waals surface area contributed by atoms with Gasteiger partial charge in [0.15, 0.2) is 0 Å². The van der Waals surface area contributed by atoms with E-state index in [0.717, 1.165) is 0 Å². The van der Waals surface area contributed by atoms with E-state index in [0.29, 0.717) is 0 Å². The third kappa shape index (κ3) is 29500. The number of hydrogen-bond acceptors (Lipinski definition) is 36. The number of hydrogen-bond donors (Lipinski definition) is 0. The first kappa shape index (κ1) is 88.3. The van der Waals surface area contributed by atoms with E-state index >= 15 is 0 Å². The molecule has 0 atom stereocenters. The van der Waals surface area contributed by atoms with Crippen molar-refractivity contribution < 1.29 is 254 Å². The molecule has 0 amide bonds. The minimum Gasteiger partial charge on any atom is -0.759 e. The summed E-state index contributed by atoms with van der Waals surface area (Å²) >= 11 is 0. The van der Waals surface area contributed by atoms with E-state index in [1.54, 1.807) is 0 Å². The predicted octanol–water partition coefficient (Wildman–Crippen LogP) is -12.0. The molecule has 0 saturated carbocycles. The maximum atomic E-state index is 8.52. The monoisotopic (exact) mass is 1450 g/mol. The summed E-state index contributed by atoms with van der Waals surface area (Å²) in [5.41, 5.74) is 0. The molecule has 0 aromatic carbocycles. The molecule has 0 aliphatic heterocycles. The second-order valence-corrected chi connectivity index (χ2v) is 11.0. The van der Waals surface area contributed by atoms with Crippen LogP contribution in [0.3, 0.4) is 0 Å². The molecule has 2 radical (unpaired) electrons. The fourth-order valence-corrected chi connectivity index (χ4v) is 0. The second kappa shape index (κ2) is 38.3. The zero-order chi connectivity index (χ0) is 40.5. The predicted molar refractivity (Wildman–Crippen MR) is 94.3 cm³/mol. The first-order valence-corrected chi connectivity index (χ1v) is 18.0. The van der Waals surface area contributed by atoms with E-state index in [1.807, 2.05) is 0 Å². The van der Waals surface area contributed by atoms with Crippen LogP contribution in [0.5, 0.6) is 0 Å². The molecule has 0 saturated heterocycles. The van der Waals surface area contributed by atoms with Gasteiger partial charge in [-0.1, -0.05) is 0 Å².